The quantitative estimate of drug-likeness (QED) is 0.383. The van der Waals surface area contributed by atoms with Gasteiger partial charge in [0.1, 0.15) is 16.3 Å². The maximum Gasteiger partial charge on any atom is 0.306 e. The molecule has 0 radical (unpaired) electrons. The van der Waals surface area contributed by atoms with Crippen LogP contribution in [-0.2, 0) is 20.9 Å². The Balaban J connectivity index is 1.90. The highest BCUT2D eigenvalue weighted by molar-refractivity contribution is 7.18. The van der Waals surface area contributed by atoms with E-state index in [-0.39, 0.29) is 41.6 Å². The van der Waals surface area contributed by atoms with Crippen molar-refractivity contribution >= 4 is 50.5 Å². The van der Waals surface area contributed by atoms with Gasteiger partial charge in [0.05, 0.1) is 30.0 Å². The number of rotatable bonds is 7. The van der Waals surface area contributed by atoms with Gasteiger partial charge in [-0.2, -0.15) is 0 Å². The molecule has 0 N–H and O–H groups in total. The fourth-order valence-corrected chi connectivity index (χ4v) is 4.43. The molecule has 29 heavy (non-hydrogen) atoms. The number of aryl methyl sites for hydroxylation is 1. The van der Waals surface area contributed by atoms with E-state index in [0.29, 0.717) is 11.8 Å². The van der Waals surface area contributed by atoms with E-state index < -0.39 is 28.9 Å². The summed E-state index contributed by atoms with van der Waals surface area (Å²) in [5.74, 6) is -4.29. The smallest absolute Gasteiger partial charge is 0.306 e. The van der Waals surface area contributed by atoms with Crippen LogP contribution in [0.15, 0.2) is 17.5 Å². The van der Waals surface area contributed by atoms with Crippen LogP contribution < -0.4 is 4.90 Å². The molecule has 0 unspecified atom stereocenters. The highest BCUT2D eigenvalue weighted by Crippen LogP contribution is 2.32. The number of fused-ring (bicyclic) bond motifs is 1. The van der Waals surface area contributed by atoms with Gasteiger partial charge in [-0.15, -0.1) is 22.7 Å². The van der Waals surface area contributed by atoms with E-state index in [0.717, 1.165) is 16.2 Å². The van der Waals surface area contributed by atoms with Crippen LogP contribution in [-0.4, -0.2) is 23.5 Å². The van der Waals surface area contributed by atoms with Crippen LogP contribution in [0, 0.1) is 24.4 Å². The van der Waals surface area contributed by atoms with Crippen LogP contribution in [0.5, 0.6) is 0 Å². The third kappa shape index (κ3) is 4.59. The van der Waals surface area contributed by atoms with E-state index in [1.54, 1.807) is 13.0 Å². The highest BCUT2D eigenvalue weighted by Gasteiger charge is 2.23. The van der Waals surface area contributed by atoms with Crippen molar-refractivity contribution in [2.45, 2.75) is 33.2 Å². The molecule has 10 heteroatoms. The lowest BCUT2D eigenvalue weighted by molar-refractivity contribution is -0.144. The topological polar surface area (TPSA) is 59.5 Å². The van der Waals surface area contributed by atoms with Crippen molar-refractivity contribution in [1.29, 1.82) is 0 Å². The Labute approximate surface area is 172 Å². The van der Waals surface area contributed by atoms with E-state index in [4.69, 9.17) is 4.74 Å². The van der Waals surface area contributed by atoms with Crippen molar-refractivity contribution in [3.63, 3.8) is 0 Å². The predicted molar refractivity (Wildman–Crippen MR) is 106 cm³/mol. The van der Waals surface area contributed by atoms with E-state index in [9.17, 15) is 22.8 Å². The van der Waals surface area contributed by atoms with Crippen molar-refractivity contribution in [3.05, 3.63) is 44.8 Å². The van der Waals surface area contributed by atoms with Crippen LogP contribution >= 0.6 is 22.7 Å². The molecule has 3 rings (SSSR count). The molecule has 0 saturated carbocycles. The maximum absolute atomic E-state index is 14.0. The molecular formula is C19H17F3N2O3S2. The van der Waals surface area contributed by atoms with Crippen LogP contribution in [0.25, 0.3) is 10.2 Å². The minimum Gasteiger partial charge on any atom is -0.466 e. The third-order valence-corrected chi connectivity index (χ3v) is 6.01. The van der Waals surface area contributed by atoms with Gasteiger partial charge >= 0.3 is 5.97 Å². The summed E-state index contributed by atoms with van der Waals surface area (Å²) in [7, 11) is 0. The number of esters is 1. The fourth-order valence-electron chi connectivity index (χ4n) is 2.77. The third-order valence-electron chi connectivity index (χ3n) is 4.12. The van der Waals surface area contributed by atoms with E-state index in [1.807, 2.05) is 12.3 Å². The minimum atomic E-state index is -1.32. The zero-order valence-corrected chi connectivity index (χ0v) is 17.3. The number of hydrogen-bond acceptors (Lipinski definition) is 6. The van der Waals surface area contributed by atoms with Gasteiger partial charge in [-0.1, -0.05) is 0 Å². The number of halogens is 3. The Morgan fingerprint density at radius 1 is 1.21 bits per heavy atom. The summed E-state index contributed by atoms with van der Waals surface area (Å²) < 4.78 is 46.2. The predicted octanol–water partition coefficient (Wildman–Crippen LogP) is 4.96. The minimum absolute atomic E-state index is 0.0565. The van der Waals surface area contributed by atoms with Gasteiger partial charge in [0.15, 0.2) is 11.6 Å². The number of ether oxygens (including phenoxy) is 1. The molecule has 0 bridgehead atoms. The number of anilines is 1. The fraction of sp³-hybridized carbons (Fsp3) is 0.316. The largest absolute Gasteiger partial charge is 0.466 e. The normalized spacial score (nSPS) is 11.1. The molecule has 2 aromatic heterocycles. The van der Waals surface area contributed by atoms with Crippen molar-refractivity contribution in [2.75, 3.05) is 11.5 Å². The summed E-state index contributed by atoms with van der Waals surface area (Å²) in [6.07, 6.45) is -0.170. The lowest BCUT2D eigenvalue weighted by atomic mass is 10.2. The first-order chi connectivity index (χ1) is 13.8. The molecule has 0 aliphatic heterocycles. The second-order valence-corrected chi connectivity index (χ2v) is 8.29. The number of thiophene rings is 1. The first kappa shape index (κ1) is 21.3. The Bertz CT molecular complexity index is 1060. The molecule has 1 amide bonds. The summed E-state index contributed by atoms with van der Waals surface area (Å²) in [5.41, 5.74) is 0.221. The van der Waals surface area contributed by atoms with Gasteiger partial charge in [-0.25, -0.2) is 18.2 Å². The first-order valence-electron chi connectivity index (χ1n) is 8.74. The number of benzene rings is 1. The zero-order valence-electron chi connectivity index (χ0n) is 15.6. The summed E-state index contributed by atoms with van der Waals surface area (Å²) in [4.78, 5) is 30.7. The number of thiazole rings is 1. The Kier molecular flexibility index (Phi) is 6.53. The average molecular weight is 442 g/mol. The van der Waals surface area contributed by atoms with Gasteiger partial charge in [0.2, 0.25) is 5.91 Å². The number of hydrogen-bond donors (Lipinski definition) is 0. The Morgan fingerprint density at radius 2 is 1.97 bits per heavy atom. The average Bonchev–Trinajstić information content (AvgIpc) is 3.29. The molecule has 0 aliphatic rings. The van der Waals surface area contributed by atoms with Gasteiger partial charge in [0, 0.05) is 17.4 Å². The first-order valence-corrected chi connectivity index (χ1v) is 10.4. The lowest BCUT2D eigenvalue weighted by Crippen LogP contribution is -2.31. The molecular weight excluding hydrogens is 425 g/mol. The summed E-state index contributed by atoms with van der Waals surface area (Å²) >= 11 is 2.29. The molecule has 0 spiro atoms. The number of amides is 1. The van der Waals surface area contributed by atoms with Crippen LogP contribution in [0.2, 0.25) is 0 Å². The maximum atomic E-state index is 14.0. The standard InChI is InChI=1S/C19H17F3N2O3S2/c1-3-27-16(26)5-4-15(25)24(13-6-7-28-10(13)2)9-14-23-18-17(22)11(20)8-12(21)19(18)29-14/h6-8H,3-5,9H2,1-2H3. The molecule has 1 aromatic carbocycles. The van der Waals surface area contributed by atoms with Crippen molar-refractivity contribution < 1.29 is 27.5 Å². The van der Waals surface area contributed by atoms with Crippen molar-refractivity contribution in [1.82, 2.24) is 4.98 Å². The Hall–Kier alpha value is -2.46. The Morgan fingerprint density at radius 3 is 2.62 bits per heavy atom. The van der Waals surface area contributed by atoms with E-state index in [2.05, 4.69) is 4.98 Å². The summed E-state index contributed by atoms with van der Waals surface area (Å²) in [6.45, 7) is 3.67. The van der Waals surface area contributed by atoms with Gasteiger partial charge < -0.3 is 9.64 Å². The second-order valence-electron chi connectivity index (χ2n) is 6.09. The number of carbonyl (C=O) groups excluding carboxylic acids is 2. The van der Waals surface area contributed by atoms with E-state index >= 15 is 0 Å². The van der Waals surface area contributed by atoms with Gasteiger partial charge in [0.25, 0.3) is 0 Å². The lowest BCUT2D eigenvalue weighted by Gasteiger charge is -2.21. The molecule has 5 nitrogen and oxygen atoms in total. The van der Waals surface area contributed by atoms with E-state index in [1.165, 1.54) is 16.2 Å². The highest BCUT2D eigenvalue weighted by atomic mass is 32.1. The summed E-state index contributed by atoms with van der Waals surface area (Å²) in [5, 5.41) is 2.06. The zero-order chi connectivity index (χ0) is 21.1. The molecule has 3 aromatic rings. The molecule has 154 valence electrons. The molecule has 0 fully saturated rings. The monoisotopic (exact) mass is 442 g/mol. The van der Waals surface area contributed by atoms with Gasteiger partial charge in [-0.3, -0.25) is 9.59 Å². The SMILES string of the molecule is CCOC(=O)CCC(=O)N(Cc1nc2c(F)c(F)cc(F)c2s1)c1ccsc1C. The van der Waals surface area contributed by atoms with Crippen LogP contribution in [0.1, 0.15) is 29.7 Å². The molecule has 0 aliphatic carbocycles. The van der Waals surface area contributed by atoms with Crippen LogP contribution in [0.4, 0.5) is 18.9 Å². The van der Waals surface area contributed by atoms with Gasteiger partial charge in [-0.05, 0) is 25.3 Å². The van der Waals surface area contributed by atoms with Crippen molar-refractivity contribution in [3.8, 4) is 0 Å². The number of carbonyl (C=O) groups is 2. The second kappa shape index (κ2) is 8.91. The molecule has 0 saturated heterocycles. The molecule has 2 heterocycles. The summed E-state index contributed by atoms with van der Waals surface area (Å²) in [6, 6.07) is 2.22. The molecule has 0 atom stereocenters. The number of nitrogens with zero attached hydrogens (tertiary/aromatic N) is 2. The van der Waals surface area contributed by atoms with Crippen molar-refractivity contribution in [2.24, 2.45) is 0 Å². The number of aromatic nitrogens is 1. The van der Waals surface area contributed by atoms with Crippen LogP contribution in [0.3, 0.4) is 0 Å².